The second kappa shape index (κ2) is 4.19. The van der Waals surface area contributed by atoms with E-state index >= 15 is 0 Å². The number of carboxylic acids is 1. The van der Waals surface area contributed by atoms with Crippen molar-refractivity contribution in [2.75, 3.05) is 0 Å². The molecular weight excluding hydrogens is 232 g/mol. The molecule has 0 aliphatic carbocycles. The highest BCUT2D eigenvalue weighted by Gasteiger charge is 2.35. The fourth-order valence-corrected chi connectivity index (χ4v) is 2.54. The Morgan fingerprint density at radius 3 is 2.39 bits per heavy atom. The number of rotatable bonds is 1. The highest BCUT2D eigenvalue weighted by Crippen LogP contribution is 2.42. The van der Waals surface area contributed by atoms with Gasteiger partial charge in [0.05, 0.1) is 0 Å². The largest absolute Gasteiger partial charge is 0.507 e. The van der Waals surface area contributed by atoms with E-state index in [0.717, 1.165) is 22.3 Å². The van der Waals surface area contributed by atoms with E-state index in [9.17, 15) is 9.90 Å². The van der Waals surface area contributed by atoms with E-state index in [1.54, 1.807) is 0 Å². The molecule has 98 valence electrons. The number of fused-ring (bicyclic) bond motifs is 1. The molecule has 0 aromatic heterocycles. The van der Waals surface area contributed by atoms with Gasteiger partial charge in [-0.25, -0.2) is 4.79 Å². The van der Waals surface area contributed by atoms with Gasteiger partial charge < -0.3 is 14.9 Å². The van der Waals surface area contributed by atoms with E-state index in [0.29, 0.717) is 12.2 Å². The van der Waals surface area contributed by atoms with Gasteiger partial charge in [0.15, 0.2) is 6.10 Å². The molecule has 0 fully saturated rings. The van der Waals surface area contributed by atoms with Crippen molar-refractivity contribution in [2.45, 2.75) is 40.2 Å². The third-order valence-corrected chi connectivity index (χ3v) is 3.87. The number of hydrogen-bond donors (Lipinski definition) is 2. The lowest BCUT2D eigenvalue weighted by Crippen LogP contribution is -2.38. The standard InChI is InChI=1S/C14H18O4/c1-6-5-10-9(4)11(15)7(2)8(3)13(10)18-12(6)14(16)17/h6,12,15H,5H2,1-4H3,(H,16,17). The Morgan fingerprint density at radius 1 is 1.22 bits per heavy atom. The van der Waals surface area contributed by atoms with E-state index in [1.165, 1.54) is 0 Å². The first kappa shape index (κ1) is 12.7. The van der Waals surface area contributed by atoms with Crippen molar-refractivity contribution < 1.29 is 19.7 Å². The summed E-state index contributed by atoms with van der Waals surface area (Å²) in [7, 11) is 0. The summed E-state index contributed by atoms with van der Waals surface area (Å²) in [5, 5.41) is 19.2. The Bertz CT molecular complexity index is 519. The lowest BCUT2D eigenvalue weighted by molar-refractivity contribution is -0.148. The van der Waals surface area contributed by atoms with Gasteiger partial charge in [-0.2, -0.15) is 0 Å². The van der Waals surface area contributed by atoms with Crippen molar-refractivity contribution in [3.63, 3.8) is 0 Å². The fraction of sp³-hybridized carbons (Fsp3) is 0.500. The van der Waals surface area contributed by atoms with Crippen molar-refractivity contribution in [1.82, 2.24) is 0 Å². The smallest absolute Gasteiger partial charge is 0.345 e. The Morgan fingerprint density at radius 2 is 1.83 bits per heavy atom. The topological polar surface area (TPSA) is 66.8 Å². The molecule has 1 aromatic rings. The number of phenolic OH excluding ortho intramolecular Hbond substituents is 1. The van der Waals surface area contributed by atoms with Gasteiger partial charge in [-0.05, 0) is 43.9 Å². The molecule has 2 atom stereocenters. The lowest BCUT2D eigenvalue weighted by Gasteiger charge is -2.32. The molecule has 0 saturated carbocycles. The van der Waals surface area contributed by atoms with Crippen LogP contribution in [0.4, 0.5) is 0 Å². The summed E-state index contributed by atoms with van der Waals surface area (Å²) in [5.74, 6) is -0.115. The number of ether oxygens (including phenoxy) is 1. The Hall–Kier alpha value is -1.71. The van der Waals surface area contributed by atoms with Gasteiger partial charge in [0.25, 0.3) is 0 Å². The van der Waals surface area contributed by atoms with E-state index in [2.05, 4.69) is 0 Å². The predicted octanol–water partition coefficient (Wildman–Crippen LogP) is 2.34. The third kappa shape index (κ3) is 1.72. The summed E-state index contributed by atoms with van der Waals surface area (Å²) in [4.78, 5) is 11.1. The van der Waals surface area contributed by atoms with Crippen molar-refractivity contribution in [1.29, 1.82) is 0 Å². The molecule has 0 spiro atoms. The first-order valence-electron chi connectivity index (χ1n) is 6.05. The van der Waals surface area contributed by atoms with Crippen molar-refractivity contribution >= 4 is 5.97 Å². The molecule has 2 unspecified atom stereocenters. The van der Waals surface area contributed by atoms with Gasteiger partial charge in [0.2, 0.25) is 0 Å². The zero-order valence-corrected chi connectivity index (χ0v) is 11.1. The molecule has 1 aliphatic heterocycles. The predicted molar refractivity (Wildman–Crippen MR) is 67.2 cm³/mol. The quantitative estimate of drug-likeness (QED) is 0.802. The molecular formula is C14H18O4. The normalized spacial score (nSPS) is 22.2. The zero-order chi connectivity index (χ0) is 13.6. The minimum absolute atomic E-state index is 0.102. The minimum atomic E-state index is -0.934. The van der Waals surface area contributed by atoms with E-state index in [-0.39, 0.29) is 11.7 Å². The van der Waals surface area contributed by atoms with Gasteiger partial charge in [0.1, 0.15) is 11.5 Å². The Labute approximate surface area is 106 Å². The maximum Gasteiger partial charge on any atom is 0.345 e. The highest BCUT2D eigenvalue weighted by atomic mass is 16.5. The van der Waals surface area contributed by atoms with Gasteiger partial charge in [-0.1, -0.05) is 6.92 Å². The number of hydrogen-bond acceptors (Lipinski definition) is 3. The minimum Gasteiger partial charge on any atom is -0.507 e. The number of aliphatic carboxylic acids is 1. The number of benzene rings is 1. The van der Waals surface area contributed by atoms with Crippen LogP contribution in [0.1, 0.15) is 29.2 Å². The second-order valence-electron chi connectivity index (χ2n) is 5.09. The van der Waals surface area contributed by atoms with Crippen molar-refractivity contribution in [3.8, 4) is 11.5 Å². The number of carbonyl (C=O) groups is 1. The molecule has 4 heteroatoms. The molecule has 1 aromatic carbocycles. The van der Waals surface area contributed by atoms with Crippen molar-refractivity contribution in [3.05, 3.63) is 22.3 Å². The number of phenols is 1. The molecule has 4 nitrogen and oxygen atoms in total. The molecule has 0 radical (unpaired) electrons. The van der Waals surface area contributed by atoms with Gasteiger partial charge >= 0.3 is 5.97 Å². The first-order valence-corrected chi connectivity index (χ1v) is 6.05. The molecule has 18 heavy (non-hydrogen) atoms. The molecule has 0 bridgehead atoms. The molecule has 1 heterocycles. The summed E-state index contributed by atoms with van der Waals surface area (Å²) in [6, 6.07) is 0. The van der Waals surface area contributed by atoms with Crippen LogP contribution in [-0.4, -0.2) is 22.3 Å². The molecule has 0 saturated heterocycles. The van der Waals surface area contributed by atoms with Crippen LogP contribution in [0.25, 0.3) is 0 Å². The van der Waals surface area contributed by atoms with Gasteiger partial charge in [-0.3, -0.25) is 0 Å². The van der Waals surface area contributed by atoms with Crippen LogP contribution >= 0.6 is 0 Å². The summed E-state index contributed by atoms with van der Waals surface area (Å²) >= 11 is 0. The zero-order valence-electron chi connectivity index (χ0n) is 11.1. The summed E-state index contributed by atoms with van der Waals surface area (Å²) < 4.78 is 5.64. The fourth-order valence-electron chi connectivity index (χ4n) is 2.54. The van der Waals surface area contributed by atoms with E-state index < -0.39 is 12.1 Å². The summed E-state index contributed by atoms with van der Waals surface area (Å²) in [6.07, 6.45) is -0.188. The lowest BCUT2D eigenvalue weighted by atomic mass is 9.86. The van der Waals surface area contributed by atoms with Crippen LogP contribution in [0.15, 0.2) is 0 Å². The Kier molecular flexibility index (Phi) is 2.97. The van der Waals surface area contributed by atoms with Gasteiger partial charge in [-0.15, -0.1) is 0 Å². The van der Waals surface area contributed by atoms with Gasteiger partial charge in [0, 0.05) is 11.5 Å². The number of aromatic hydroxyl groups is 1. The van der Waals surface area contributed by atoms with Crippen LogP contribution < -0.4 is 4.74 Å². The van der Waals surface area contributed by atoms with Crippen LogP contribution in [0.5, 0.6) is 11.5 Å². The number of carboxylic acid groups (broad SMARTS) is 1. The second-order valence-corrected chi connectivity index (χ2v) is 5.09. The first-order chi connectivity index (χ1) is 8.34. The maximum atomic E-state index is 11.1. The summed E-state index contributed by atoms with van der Waals surface area (Å²) in [6.45, 7) is 7.36. The van der Waals surface area contributed by atoms with Crippen LogP contribution in [0.3, 0.4) is 0 Å². The molecule has 2 N–H and O–H groups in total. The molecule has 0 amide bonds. The maximum absolute atomic E-state index is 11.1. The van der Waals surface area contributed by atoms with Crippen molar-refractivity contribution in [2.24, 2.45) is 5.92 Å². The molecule has 2 rings (SSSR count). The SMILES string of the molecule is Cc1c(C)c2c(c(C)c1O)CC(C)C(C(=O)O)O2. The molecule has 1 aliphatic rings. The van der Waals surface area contributed by atoms with Crippen LogP contribution in [0, 0.1) is 26.7 Å². The van der Waals surface area contributed by atoms with E-state index in [1.807, 2.05) is 27.7 Å². The average molecular weight is 250 g/mol. The van der Waals surface area contributed by atoms with E-state index in [4.69, 9.17) is 9.84 Å². The third-order valence-electron chi connectivity index (χ3n) is 3.87. The van der Waals surface area contributed by atoms with Crippen LogP contribution in [-0.2, 0) is 11.2 Å². The highest BCUT2D eigenvalue weighted by molar-refractivity contribution is 5.74. The monoisotopic (exact) mass is 250 g/mol. The van der Waals surface area contributed by atoms with Crippen LogP contribution in [0.2, 0.25) is 0 Å². The average Bonchev–Trinajstić information content (AvgIpc) is 2.33. The summed E-state index contributed by atoms with van der Waals surface area (Å²) in [5.41, 5.74) is 3.31. The Balaban J connectivity index is 2.59.